The molecule has 60 valence electrons. The van der Waals surface area contributed by atoms with Gasteiger partial charge < -0.3 is 5.21 Å². The van der Waals surface area contributed by atoms with E-state index in [0.717, 1.165) is 25.7 Å². The Hall–Kier alpha value is -1.22. The minimum absolute atomic E-state index is 0.209. The van der Waals surface area contributed by atoms with Gasteiger partial charge in [0.15, 0.2) is 0 Å². The van der Waals surface area contributed by atoms with Crippen LogP contribution in [0.1, 0.15) is 25.7 Å². The van der Waals surface area contributed by atoms with Gasteiger partial charge >= 0.3 is 0 Å². The van der Waals surface area contributed by atoms with Crippen LogP contribution in [-0.2, 0) is 0 Å². The second-order valence-corrected chi connectivity index (χ2v) is 2.56. The van der Waals surface area contributed by atoms with Crippen LogP contribution in [0.4, 0.5) is 0 Å². The van der Waals surface area contributed by atoms with Crippen LogP contribution in [0.25, 0.3) is 10.4 Å². The number of rotatable bonds is 1. The van der Waals surface area contributed by atoms with E-state index in [2.05, 4.69) is 15.2 Å². The zero-order valence-electron chi connectivity index (χ0n) is 6.14. The average Bonchev–Trinajstić information content (AvgIpc) is 2.06. The normalized spacial score (nSPS) is 28.0. The highest BCUT2D eigenvalue weighted by Gasteiger charge is 2.18. The smallest absolute Gasteiger partial charge is 0.0791 e. The van der Waals surface area contributed by atoms with Gasteiger partial charge in [0.2, 0.25) is 0 Å². The molecule has 0 aromatic heterocycles. The second kappa shape index (κ2) is 3.83. The highest BCUT2D eigenvalue weighted by molar-refractivity contribution is 5.89. The van der Waals surface area contributed by atoms with Crippen LogP contribution in [0, 0.1) is 0 Å². The summed E-state index contributed by atoms with van der Waals surface area (Å²) < 4.78 is 0. The van der Waals surface area contributed by atoms with Crippen LogP contribution < -0.4 is 0 Å². The lowest BCUT2D eigenvalue weighted by molar-refractivity contribution is 0.312. The minimum atomic E-state index is -0.209. The van der Waals surface area contributed by atoms with Gasteiger partial charge in [0.25, 0.3) is 0 Å². The summed E-state index contributed by atoms with van der Waals surface area (Å²) in [6.45, 7) is 0. The third-order valence-electron chi connectivity index (χ3n) is 1.86. The van der Waals surface area contributed by atoms with E-state index in [4.69, 9.17) is 10.7 Å². The van der Waals surface area contributed by atoms with Crippen molar-refractivity contribution in [2.75, 3.05) is 0 Å². The Kier molecular flexibility index (Phi) is 2.74. The molecule has 5 nitrogen and oxygen atoms in total. The Morgan fingerprint density at radius 1 is 1.55 bits per heavy atom. The molecule has 0 saturated heterocycles. The first kappa shape index (κ1) is 7.88. The number of azide groups is 1. The zero-order chi connectivity index (χ0) is 8.10. The molecule has 11 heavy (non-hydrogen) atoms. The summed E-state index contributed by atoms with van der Waals surface area (Å²) in [6, 6.07) is -0.209. The van der Waals surface area contributed by atoms with Crippen molar-refractivity contribution in [1.29, 1.82) is 0 Å². The molecular weight excluding hydrogens is 144 g/mol. The van der Waals surface area contributed by atoms with Crippen molar-refractivity contribution in [1.82, 2.24) is 0 Å². The predicted octanol–water partition coefficient (Wildman–Crippen LogP) is 2.07. The number of nitrogens with zero attached hydrogens (tertiary/aromatic N) is 4. The molecule has 1 unspecified atom stereocenters. The van der Waals surface area contributed by atoms with E-state index in [1.54, 1.807) is 0 Å². The molecule has 0 radical (unpaired) electrons. The maximum absolute atomic E-state index is 8.49. The maximum atomic E-state index is 8.49. The van der Waals surface area contributed by atoms with Gasteiger partial charge in [-0.05, 0) is 24.8 Å². The lowest BCUT2D eigenvalue weighted by atomic mass is 9.94. The number of oxime groups is 1. The first-order chi connectivity index (χ1) is 5.38. The monoisotopic (exact) mass is 154 g/mol. The van der Waals surface area contributed by atoms with E-state index in [1.165, 1.54) is 0 Å². The summed E-state index contributed by atoms with van der Waals surface area (Å²) in [6.07, 6.45) is 3.63. The van der Waals surface area contributed by atoms with E-state index in [9.17, 15) is 0 Å². The van der Waals surface area contributed by atoms with Crippen LogP contribution in [0.15, 0.2) is 10.3 Å². The summed E-state index contributed by atoms with van der Waals surface area (Å²) in [5.74, 6) is 0. The van der Waals surface area contributed by atoms with Crippen LogP contribution in [0.2, 0.25) is 0 Å². The summed E-state index contributed by atoms with van der Waals surface area (Å²) in [5.41, 5.74) is 8.77. The van der Waals surface area contributed by atoms with Crippen molar-refractivity contribution in [2.24, 2.45) is 10.3 Å². The second-order valence-electron chi connectivity index (χ2n) is 2.56. The fourth-order valence-electron chi connectivity index (χ4n) is 1.28. The van der Waals surface area contributed by atoms with Gasteiger partial charge in [-0.25, -0.2) is 0 Å². The molecule has 0 heterocycles. The SMILES string of the molecule is [N-]=[N+]=NC1CCCC/C1=N\O. The first-order valence-corrected chi connectivity index (χ1v) is 3.63. The van der Waals surface area contributed by atoms with Gasteiger partial charge in [-0.3, -0.25) is 0 Å². The van der Waals surface area contributed by atoms with Crippen LogP contribution in [-0.4, -0.2) is 17.0 Å². The maximum Gasteiger partial charge on any atom is 0.0791 e. The standard InChI is InChI=1S/C6H10N4O/c7-10-8-5-3-1-2-4-6(5)9-11/h5,11H,1-4H2/b9-6+. The molecule has 1 aliphatic carbocycles. The van der Waals surface area contributed by atoms with Gasteiger partial charge in [-0.1, -0.05) is 16.7 Å². The summed E-state index contributed by atoms with van der Waals surface area (Å²) in [7, 11) is 0. The molecule has 0 aromatic carbocycles. The molecule has 1 rings (SSSR count). The molecule has 1 saturated carbocycles. The fraction of sp³-hybridized carbons (Fsp3) is 0.833. The third-order valence-corrected chi connectivity index (χ3v) is 1.86. The molecule has 1 aliphatic rings. The molecule has 0 aromatic rings. The van der Waals surface area contributed by atoms with E-state index in [0.29, 0.717) is 5.71 Å². The molecular formula is C6H10N4O. The topological polar surface area (TPSA) is 81.4 Å². The van der Waals surface area contributed by atoms with Crippen molar-refractivity contribution in [3.8, 4) is 0 Å². The molecule has 0 bridgehead atoms. The molecule has 1 N–H and O–H groups in total. The van der Waals surface area contributed by atoms with Gasteiger partial charge in [-0.15, -0.1) is 0 Å². The number of hydrogen-bond donors (Lipinski definition) is 1. The summed E-state index contributed by atoms with van der Waals surface area (Å²) >= 11 is 0. The largest absolute Gasteiger partial charge is 0.411 e. The molecule has 5 heteroatoms. The lowest BCUT2D eigenvalue weighted by Crippen LogP contribution is -2.22. The molecule has 1 atom stereocenters. The lowest BCUT2D eigenvalue weighted by Gasteiger charge is -2.17. The Morgan fingerprint density at radius 3 is 3.00 bits per heavy atom. The van der Waals surface area contributed by atoms with Crippen LogP contribution >= 0.6 is 0 Å². The Morgan fingerprint density at radius 2 is 2.36 bits per heavy atom. The van der Waals surface area contributed by atoms with E-state index in [1.807, 2.05) is 0 Å². The van der Waals surface area contributed by atoms with Crippen molar-refractivity contribution < 1.29 is 5.21 Å². The van der Waals surface area contributed by atoms with E-state index >= 15 is 0 Å². The molecule has 0 spiro atoms. The fourth-order valence-corrected chi connectivity index (χ4v) is 1.28. The highest BCUT2D eigenvalue weighted by Crippen LogP contribution is 2.18. The molecule has 1 fully saturated rings. The van der Waals surface area contributed by atoms with Gasteiger partial charge in [0.1, 0.15) is 0 Å². The van der Waals surface area contributed by atoms with Crippen molar-refractivity contribution in [2.45, 2.75) is 31.7 Å². The zero-order valence-corrected chi connectivity index (χ0v) is 6.14. The van der Waals surface area contributed by atoms with Crippen molar-refractivity contribution in [3.63, 3.8) is 0 Å². The Labute approximate surface area is 64.3 Å². The minimum Gasteiger partial charge on any atom is -0.411 e. The van der Waals surface area contributed by atoms with Gasteiger partial charge in [0, 0.05) is 4.91 Å². The van der Waals surface area contributed by atoms with Gasteiger partial charge in [-0.2, -0.15) is 0 Å². The highest BCUT2D eigenvalue weighted by atomic mass is 16.4. The number of hydrogen-bond acceptors (Lipinski definition) is 3. The van der Waals surface area contributed by atoms with Crippen LogP contribution in [0.3, 0.4) is 0 Å². The van der Waals surface area contributed by atoms with Crippen LogP contribution in [0.5, 0.6) is 0 Å². The Balaban J connectivity index is 2.66. The van der Waals surface area contributed by atoms with Gasteiger partial charge in [0.05, 0.1) is 11.8 Å². The predicted molar refractivity (Wildman–Crippen MR) is 40.6 cm³/mol. The summed E-state index contributed by atoms with van der Waals surface area (Å²) in [4.78, 5) is 2.69. The van der Waals surface area contributed by atoms with E-state index < -0.39 is 0 Å². The quantitative estimate of drug-likeness (QED) is 0.202. The first-order valence-electron chi connectivity index (χ1n) is 3.63. The third kappa shape index (κ3) is 1.85. The summed E-state index contributed by atoms with van der Waals surface area (Å²) in [5, 5.41) is 15.1. The molecule has 0 amide bonds. The average molecular weight is 154 g/mol. The van der Waals surface area contributed by atoms with Crippen molar-refractivity contribution in [3.05, 3.63) is 10.4 Å². The van der Waals surface area contributed by atoms with Crippen molar-refractivity contribution >= 4 is 5.71 Å². The Bertz CT molecular complexity index is 207. The van der Waals surface area contributed by atoms with E-state index in [-0.39, 0.29) is 6.04 Å². The molecule has 0 aliphatic heterocycles.